The summed E-state index contributed by atoms with van der Waals surface area (Å²) in [5.41, 5.74) is -0.0217. The van der Waals surface area contributed by atoms with Gasteiger partial charge in [0.2, 0.25) is 0 Å². The van der Waals surface area contributed by atoms with E-state index in [-0.39, 0.29) is 17.0 Å². The molecule has 1 aliphatic rings. The molecule has 0 saturated heterocycles. The summed E-state index contributed by atoms with van der Waals surface area (Å²) in [6.45, 7) is 4.00. The van der Waals surface area contributed by atoms with E-state index in [1.165, 1.54) is 0 Å². The molecule has 1 aromatic rings. The zero-order valence-corrected chi connectivity index (χ0v) is 12.0. The minimum Gasteiger partial charge on any atom is -0.349 e. The standard InChI is InChI=1S/C12H13ClFNO3S/c1-12(2)6-10(12)15-11(16)7-3-8(14)5-9(4-7)19(13,17)18/h3-5,10H,6H2,1-2H3,(H,15,16). The Hall–Kier alpha value is -1.14. The lowest BCUT2D eigenvalue weighted by atomic mass is 10.1. The molecule has 1 unspecified atom stereocenters. The summed E-state index contributed by atoms with van der Waals surface area (Å²) in [5, 5.41) is 2.72. The van der Waals surface area contributed by atoms with E-state index in [1.807, 2.05) is 13.8 Å². The van der Waals surface area contributed by atoms with Crippen molar-refractivity contribution < 1.29 is 17.6 Å². The van der Waals surface area contributed by atoms with Crippen molar-refractivity contribution in [2.75, 3.05) is 0 Å². The molecule has 1 N–H and O–H groups in total. The number of rotatable bonds is 3. The molecule has 0 spiro atoms. The second-order valence-corrected chi connectivity index (χ2v) is 7.90. The van der Waals surface area contributed by atoms with E-state index >= 15 is 0 Å². The van der Waals surface area contributed by atoms with Crippen LogP contribution >= 0.6 is 10.7 Å². The zero-order valence-electron chi connectivity index (χ0n) is 10.4. The molecule has 0 heterocycles. The number of amides is 1. The van der Waals surface area contributed by atoms with Gasteiger partial charge in [-0.05, 0) is 30.0 Å². The molecule has 104 valence electrons. The molecule has 4 nitrogen and oxygen atoms in total. The maximum atomic E-state index is 13.3. The van der Waals surface area contributed by atoms with Crippen molar-refractivity contribution in [2.24, 2.45) is 5.41 Å². The van der Waals surface area contributed by atoms with Crippen LogP contribution in [0.15, 0.2) is 23.1 Å². The van der Waals surface area contributed by atoms with Crippen molar-refractivity contribution in [1.29, 1.82) is 0 Å². The van der Waals surface area contributed by atoms with Crippen molar-refractivity contribution in [1.82, 2.24) is 5.32 Å². The van der Waals surface area contributed by atoms with Gasteiger partial charge in [-0.15, -0.1) is 0 Å². The highest BCUT2D eigenvalue weighted by Gasteiger charge is 2.46. The SMILES string of the molecule is CC1(C)CC1NC(=O)c1cc(F)cc(S(=O)(=O)Cl)c1. The largest absolute Gasteiger partial charge is 0.349 e. The van der Waals surface area contributed by atoms with E-state index in [1.54, 1.807) is 0 Å². The van der Waals surface area contributed by atoms with E-state index in [0.29, 0.717) is 0 Å². The normalized spacial score (nSPS) is 20.9. The van der Waals surface area contributed by atoms with Gasteiger partial charge in [0, 0.05) is 22.3 Å². The highest BCUT2D eigenvalue weighted by atomic mass is 35.7. The topological polar surface area (TPSA) is 63.2 Å². The maximum absolute atomic E-state index is 13.3. The lowest BCUT2D eigenvalue weighted by Gasteiger charge is -2.08. The third-order valence-electron chi connectivity index (χ3n) is 3.23. The molecule has 0 radical (unpaired) electrons. The molecule has 2 rings (SSSR count). The predicted octanol–water partition coefficient (Wildman–Crippen LogP) is 2.28. The fraction of sp³-hybridized carbons (Fsp3) is 0.417. The van der Waals surface area contributed by atoms with Crippen molar-refractivity contribution in [3.8, 4) is 0 Å². The Morgan fingerprint density at radius 1 is 1.42 bits per heavy atom. The molecule has 1 atom stereocenters. The monoisotopic (exact) mass is 305 g/mol. The predicted molar refractivity (Wildman–Crippen MR) is 69.1 cm³/mol. The third-order valence-corrected chi connectivity index (χ3v) is 4.57. The van der Waals surface area contributed by atoms with Crippen LogP contribution in [-0.2, 0) is 9.05 Å². The summed E-state index contributed by atoms with van der Waals surface area (Å²) in [7, 11) is 1.08. The van der Waals surface area contributed by atoms with Crippen LogP contribution in [0.4, 0.5) is 4.39 Å². The number of hydrogen-bond acceptors (Lipinski definition) is 3. The Morgan fingerprint density at radius 3 is 2.47 bits per heavy atom. The van der Waals surface area contributed by atoms with Gasteiger partial charge in [-0.3, -0.25) is 4.79 Å². The van der Waals surface area contributed by atoms with Gasteiger partial charge < -0.3 is 5.32 Å². The van der Waals surface area contributed by atoms with Gasteiger partial charge in [-0.2, -0.15) is 0 Å². The molecule has 1 fully saturated rings. The van der Waals surface area contributed by atoms with E-state index in [0.717, 1.165) is 24.6 Å². The number of hydrogen-bond donors (Lipinski definition) is 1. The van der Waals surface area contributed by atoms with Gasteiger partial charge >= 0.3 is 0 Å². The van der Waals surface area contributed by atoms with Crippen LogP contribution in [0.1, 0.15) is 30.6 Å². The van der Waals surface area contributed by atoms with Crippen LogP contribution in [-0.4, -0.2) is 20.4 Å². The Balaban J connectivity index is 2.25. The second kappa shape index (κ2) is 4.45. The summed E-state index contributed by atoms with van der Waals surface area (Å²) < 4.78 is 35.6. The van der Waals surface area contributed by atoms with E-state index < -0.39 is 25.7 Å². The Labute approximate surface area is 115 Å². The minimum atomic E-state index is -4.06. The first kappa shape index (κ1) is 14.3. The fourth-order valence-electron chi connectivity index (χ4n) is 1.79. The van der Waals surface area contributed by atoms with Gasteiger partial charge in [-0.1, -0.05) is 13.8 Å². The molecular formula is C12H13ClFNO3S. The van der Waals surface area contributed by atoms with Crippen molar-refractivity contribution in [3.63, 3.8) is 0 Å². The number of nitrogens with one attached hydrogen (secondary N) is 1. The van der Waals surface area contributed by atoms with Crippen LogP contribution in [0.5, 0.6) is 0 Å². The summed E-state index contributed by atoms with van der Waals surface area (Å²) in [6.07, 6.45) is 0.842. The molecule has 19 heavy (non-hydrogen) atoms. The van der Waals surface area contributed by atoms with Gasteiger partial charge in [-0.25, -0.2) is 12.8 Å². The molecular weight excluding hydrogens is 293 g/mol. The first-order valence-electron chi connectivity index (χ1n) is 5.66. The van der Waals surface area contributed by atoms with Gasteiger partial charge in [0.1, 0.15) is 5.82 Å². The highest BCUT2D eigenvalue weighted by Crippen LogP contribution is 2.44. The number of carbonyl (C=O) groups excluding carboxylic acids is 1. The smallest absolute Gasteiger partial charge is 0.261 e. The number of carbonyl (C=O) groups is 1. The minimum absolute atomic E-state index is 0.0272. The maximum Gasteiger partial charge on any atom is 0.261 e. The van der Waals surface area contributed by atoms with Crippen molar-refractivity contribution in [3.05, 3.63) is 29.6 Å². The molecule has 1 aliphatic carbocycles. The molecule has 0 aromatic heterocycles. The van der Waals surface area contributed by atoms with Crippen LogP contribution in [0.25, 0.3) is 0 Å². The van der Waals surface area contributed by atoms with Crippen LogP contribution in [0, 0.1) is 11.2 Å². The third kappa shape index (κ3) is 3.25. The molecule has 1 aromatic carbocycles. The average molecular weight is 306 g/mol. The average Bonchev–Trinajstić information content (AvgIpc) is 2.83. The first-order valence-corrected chi connectivity index (χ1v) is 7.97. The Bertz CT molecular complexity index is 642. The summed E-state index contributed by atoms with van der Waals surface area (Å²) in [6, 6.07) is 2.85. The van der Waals surface area contributed by atoms with Crippen LogP contribution in [0.2, 0.25) is 0 Å². The lowest BCUT2D eigenvalue weighted by molar-refractivity contribution is 0.0945. The highest BCUT2D eigenvalue weighted by molar-refractivity contribution is 8.13. The molecule has 7 heteroatoms. The van der Waals surface area contributed by atoms with Gasteiger partial charge in [0.25, 0.3) is 15.0 Å². The van der Waals surface area contributed by atoms with Gasteiger partial charge in [0.05, 0.1) is 4.90 Å². The van der Waals surface area contributed by atoms with E-state index in [2.05, 4.69) is 5.32 Å². The lowest BCUT2D eigenvalue weighted by Crippen LogP contribution is -2.28. The quantitative estimate of drug-likeness (QED) is 0.871. The molecule has 0 bridgehead atoms. The first-order chi connectivity index (χ1) is 8.59. The molecule has 1 saturated carbocycles. The molecule has 0 aliphatic heterocycles. The number of benzene rings is 1. The summed E-state index contributed by atoms with van der Waals surface area (Å²) >= 11 is 0. The second-order valence-electron chi connectivity index (χ2n) is 5.33. The van der Waals surface area contributed by atoms with E-state index in [4.69, 9.17) is 10.7 Å². The van der Waals surface area contributed by atoms with Crippen molar-refractivity contribution in [2.45, 2.75) is 31.2 Å². The molecule has 1 amide bonds. The summed E-state index contributed by atoms with van der Waals surface area (Å²) in [4.78, 5) is 11.5. The fourth-order valence-corrected chi connectivity index (χ4v) is 2.58. The van der Waals surface area contributed by atoms with Gasteiger partial charge in [0.15, 0.2) is 0 Å². The van der Waals surface area contributed by atoms with Crippen LogP contribution < -0.4 is 5.32 Å². The number of halogens is 2. The zero-order chi connectivity index (χ0) is 14.4. The Kier molecular flexibility index (Phi) is 3.35. The van der Waals surface area contributed by atoms with E-state index in [9.17, 15) is 17.6 Å². The van der Waals surface area contributed by atoms with Crippen LogP contribution in [0.3, 0.4) is 0 Å². The summed E-state index contributed by atoms with van der Waals surface area (Å²) in [5.74, 6) is -1.32. The van der Waals surface area contributed by atoms with Crippen molar-refractivity contribution >= 4 is 25.6 Å². The Morgan fingerprint density at radius 2 is 2.00 bits per heavy atom.